The lowest BCUT2D eigenvalue weighted by atomic mass is 10.1. The fourth-order valence-corrected chi connectivity index (χ4v) is 2.50. The van der Waals surface area contributed by atoms with Gasteiger partial charge in [-0.2, -0.15) is 0 Å². The average Bonchev–Trinajstić information content (AvgIpc) is 2.60. The first-order valence-electron chi connectivity index (χ1n) is 8.29. The van der Waals surface area contributed by atoms with Crippen LogP contribution in [0.25, 0.3) is 0 Å². The molecule has 0 aromatic heterocycles. The summed E-state index contributed by atoms with van der Waals surface area (Å²) < 4.78 is 5.78. The molecule has 0 heterocycles. The van der Waals surface area contributed by atoms with E-state index in [4.69, 9.17) is 9.84 Å². The molecule has 1 amide bonds. The van der Waals surface area contributed by atoms with E-state index in [0.29, 0.717) is 24.5 Å². The van der Waals surface area contributed by atoms with E-state index < -0.39 is 5.97 Å². The van der Waals surface area contributed by atoms with Crippen molar-refractivity contribution in [3.8, 4) is 5.75 Å². The third-order valence-electron chi connectivity index (χ3n) is 3.83. The highest BCUT2D eigenvalue weighted by molar-refractivity contribution is 5.94. The van der Waals surface area contributed by atoms with Crippen LogP contribution < -0.4 is 4.74 Å². The van der Waals surface area contributed by atoms with E-state index in [9.17, 15) is 9.59 Å². The predicted molar refractivity (Wildman–Crippen MR) is 95.8 cm³/mol. The van der Waals surface area contributed by atoms with Crippen LogP contribution in [0.5, 0.6) is 5.75 Å². The molecule has 2 aromatic carbocycles. The fourth-order valence-electron chi connectivity index (χ4n) is 2.50. The molecule has 0 spiro atoms. The van der Waals surface area contributed by atoms with E-state index in [-0.39, 0.29) is 18.9 Å². The maximum absolute atomic E-state index is 12.5. The Morgan fingerprint density at radius 1 is 1.12 bits per heavy atom. The SMILES string of the molecule is CCN(CCC(=O)O)C(=O)c1cccc(OCc2cccc(C)c2)c1. The van der Waals surface area contributed by atoms with E-state index in [2.05, 4.69) is 6.07 Å². The van der Waals surface area contributed by atoms with Crippen molar-refractivity contribution >= 4 is 11.9 Å². The van der Waals surface area contributed by atoms with Crippen molar-refractivity contribution in [3.05, 3.63) is 65.2 Å². The van der Waals surface area contributed by atoms with Crippen LogP contribution in [0.15, 0.2) is 48.5 Å². The zero-order valence-corrected chi connectivity index (χ0v) is 14.6. The molecule has 0 unspecified atom stereocenters. The number of carbonyl (C=O) groups excluding carboxylic acids is 1. The second kappa shape index (κ2) is 8.87. The minimum atomic E-state index is -0.915. The molecule has 5 heteroatoms. The third-order valence-corrected chi connectivity index (χ3v) is 3.83. The minimum absolute atomic E-state index is 0.0663. The van der Waals surface area contributed by atoms with Gasteiger partial charge in [0.05, 0.1) is 6.42 Å². The number of carboxylic acid groups (broad SMARTS) is 1. The summed E-state index contributed by atoms with van der Waals surface area (Å²) in [5, 5.41) is 8.79. The number of hydrogen-bond donors (Lipinski definition) is 1. The van der Waals surface area contributed by atoms with Crippen LogP contribution in [0.4, 0.5) is 0 Å². The van der Waals surface area contributed by atoms with Crippen LogP contribution >= 0.6 is 0 Å². The van der Waals surface area contributed by atoms with E-state index >= 15 is 0 Å². The molecule has 0 bridgehead atoms. The van der Waals surface area contributed by atoms with Gasteiger partial charge in [0, 0.05) is 18.7 Å². The second-order valence-corrected chi connectivity index (χ2v) is 5.83. The van der Waals surface area contributed by atoms with Gasteiger partial charge in [-0.15, -0.1) is 0 Å². The number of amides is 1. The number of nitrogens with zero attached hydrogens (tertiary/aromatic N) is 1. The molecular weight excluding hydrogens is 318 g/mol. The highest BCUT2D eigenvalue weighted by atomic mass is 16.5. The van der Waals surface area contributed by atoms with Crippen LogP contribution in [0.1, 0.15) is 34.8 Å². The van der Waals surface area contributed by atoms with Gasteiger partial charge in [-0.25, -0.2) is 0 Å². The average molecular weight is 341 g/mol. The molecular formula is C20H23NO4. The van der Waals surface area contributed by atoms with Crippen molar-refractivity contribution in [3.63, 3.8) is 0 Å². The van der Waals surface area contributed by atoms with Gasteiger partial charge in [-0.05, 0) is 37.6 Å². The Labute approximate surface area is 147 Å². The molecule has 0 aliphatic carbocycles. The van der Waals surface area contributed by atoms with E-state index in [1.807, 2.05) is 32.0 Å². The Morgan fingerprint density at radius 3 is 2.56 bits per heavy atom. The van der Waals surface area contributed by atoms with Gasteiger partial charge in [0.15, 0.2) is 0 Å². The summed E-state index contributed by atoms with van der Waals surface area (Å²) in [5.74, 6) is -0.493. The Morgan fingerprint density at radius 2 is 1.88 bits per heavy atom. The highest BCUT2D eigenvalue weighted by Gasteiger charge is 2.15. The number of carboxylic acids is 1. The van der Waals surface area contributed by atoms with Crippen molar-refractivity contribution in [2.75, 3.05) is 13.1 Å². The van der Waals surface area contributed by atoms with Crippen molar-refractivity contribution in [1.82, 2.24) is 4.90 Å². The molecule has 132 valence electrons. The lowest BCUT2D eigenvalue weighted by Gasteiger charge is -2.20. The first-order chi connectivity index (χ1) is 12.0. The normalized spacial score (nSPS) is 10.3. The van der Waals surface area contributed by atoms with Crippen LogP contribution in [-0.2, 0) is 11.4 Å². The lowest BCUT2D eigenvalue weighted by molar-refractivity contribution is -0.137. The Bertz CT molecular complexity index is 742. The summed E-state index contributed by atoms with van der Waals surface area (Å²) in [6.45, 7) is 4.94. The molecule has 0 fully saturated rings. The first kappa shape index (κ1) is 18.5. The zero-order chi connectivity index (χ0) is 18.2. The minimum Gasteiger partial charge on any atom is -0.489 e. The van der Waals surface area contributed by atoms with E-state index in [0.717, 1.165) is 5.56 Å². The largest absolute Gasteiger partial charge is 0.489 e. The maximum atomic E-state index is 12.5. The number of aliphatic carboxylic acids is 1. The van der Waals surface area contributed by atoms with Gasteiger partial charge in [-0.1, -0.05) is 35.9 Å². The van der Waals surface area contributed by atoms with Gasteiger partial charge in [0.25, 0.3) is 5.91 Å². The summed E-state index contributed by atoms with van der Waals surface area (Å²) in [6.07, 6.45) is -0.0663. The zero-order valence-electron chi connectivity index (χ0n) is 14.6. The van der Waals surface area contributed by atoms with Crippen molar-refractivity contribution in [1.29, 1.82) is 0 Å². The number of aryl methyl sites for hydroxylation is 1. The van der Waals surface area contributed by atoms with Crippen LogP contribution in [0, 0.1) is 6.92 Å². The topological polar surface area (TPSA) is 66.8 Å². The van der Waals surface area contributed by atoms with Crippen molar-refractivity contribution < 1.29 is 19.4 Å². The van der Waals surface area contributed by atoms with Gasteiger partial charge in [0.1, 0.15) is 12.4 Å². The summed E-state index contributed by atoms with van der Waals surface area (Å²) >= 11 is 0. The van der Waals surface area contributed by atoms with Crippen LogP contribution in [0.3, 0.4) is 0 Å². The Hall–Kier alpha value is -2.82. The van der Waals surface area contributed by atoms with Crippen LogP contribution in [-0.4, -0.2) is 35.0 Å². The molecule has 0 aliphatic heterocycles. The predicted octanol–water partition coefficient (Wildman–Crippen LogP) is 3.51. The summed E-state index contributed by atoms with van der Waals surface area (Å²) in [5.41, 5.74) is 2.73. The standard InChI is InChI=1S/C20H23NO4/c1-3-21(11-10-19(22)23)20(24)17-8-5-9-18(13-17)25-14-16-7-4-6-15(2)12-16/h4-9,12-13H,3,10-11,14H2,1-2H3,(H,22,23). The number of benzene rings is 2. The number of carbonyl (C=O) groups is 2. The number of rotatable bonds is 8. The fraction of sp³-hybridized carbons (Fsp3) is 0.300. The quantitative estimate of drug-likeness (QED) is 0.798. The molecule has 0 radical (unpaired) electrons. The Balaban J connectivity index is 2.04. The molecule has 0 saturated carbocycles. The summed E-state index contributed by atoms with van der Waals surface area (Å²) in [6, 6.07) is 15.0. The van der Waals surface area contributed by atoms with E-state index in [1.165, 1.54) is 10.5 Å². The molecule has 25 heavy (non-hydrogen) atoms. The summed E-state index contributed by atoms with van der Waals surface area (Å²) in [7, 11) is 0. The maximum Gasteiger partial charge on any atom is 0.305 e. The first-order valence-corrected chi connectivity index (χ1v) is 8.29. The lowest BCUT2D eigenvalue weighted by Crippen LogP contribution is -2.32. The van der Waals surface area contributed by atoms with E-state index in [1.54, 1.807) is 24.3 Å². The molecule has 0 atom stereocenters. The number of hydrogen-bond acceptors (Lipinski definition) is 3. The van der Waals surface area contributed by atoms with Gasteiger partial charge in [0.2, 0.25) is 0 Å². The molecule has 0 aliphatic rings. The second-order valence-electron chi connectivity index (χ2n) is 5.83. The third kappa shape index (κ3) is 5.64. The van der Waals surface area contributed by atoms with Gasteiger partial charge >= 0.3 is 5.97 Å². The molecule has 2 rings (SSSR count). The summed E-state index contributed by atoms with van der Waals surface area (Å²) in [4.78, 5) is 24.8. The van der Waals surface area contributed by atoms with Gasteiger partial charge in [-0.3, -0.25) is 9.59 Å². The highest BCUT2D eigenvalue weighted by Crippen LogP contribution is 2.17. The smallest absolute Gasteiger partial charge is 0.305 e. The molecule has 0 saturated heterocycles. The number of ether oxygens (including phenoxy) is 1. The monoisotopic (exact) mass is 341 g/mol. The van der Waals surface area contributed by atoms with Crippen molar-refractivity contribution in [2.45, 2.75) is 26.9 Å². The molecule has 2 aromatic rings. The molecule has 1 N–H and O–H groups in total. The Kier molecular flexibility index (Phi) is 6.57. The van der Waals surface area contributed by atoms with Crippen molar-refractivity contribution in [2.24, 2.45) is 0 Å². The van der Waals surface area contributed by atoms with Gasteiger partial charge < -0.3 is 14.7 Å². The van der Waals surface area contributed by atoms with Crippen LogP contribution in [0.2, 0.25) is 0 Å². The molecule has 5 nitrogen and oxygen atoms in total.